The van der Waals surface area contributed by atoms with Crippen molar-refractivity contribution in [2.75, 3.05) is 11.2 Å². The van der Waals surface area contributed by atoms with E-state index in [1.54, 1.807) is 12.1 Å². The monoisotopic (exact) mass is 213 g/mol. The third-order valence-corrected chi connectivity index (χ3v) is 2.22. The minimum atomic E-state index is -0.230. The maximum atomic E-state index is 7.66. The molecule has 0 aromatic heterocycles. The largest absolute Gasteiger partial charge is 0.560 e. The van der Waals surface area contributed by atoms with Crippen LogP contribution in [0.1, 0.15) is 0 Å². The molecule has 0 bridgehead atoms. The van der Waals surface area contributed by atoms with Gasteiger partial charge in [0.25, 0.3) is 0 Å². The molecule has 4 heteroatoms. The Balaban J connectivity index is 1.95. The van der Waals surface area contributed by atoms with Crippen molar-refractivity contribution in [3.8, 4) is 0 Å². The van der Waals surface area contributed by atoms with Gasteiger partial charge in [0.1, 0.15) is 0 Å². The normalized spacial score (nSPS) is 18.8. The van der Waals surface area contributed by atoms with Crippen LogP contribution in [0.25, 0.3) is 5.43 Å². The van der Waals surface area contributed by atoms with Crippen LogP contribution < -0.4 is 11.2 Å². The minimum Gasteiger partial charge on any atom is -0.560 e. The SMILES string of the molecule is N=C1C=CC=CC1[N-]Nc1cccc(N)c1. The standard InChI is InChI=1S/C12H13N4/c13-9-4-3-5-10(8-9)15-16-12-7-2-1-6-11(12)14/h1-8,12,14-15H,13H2/q-1. The van der Waals surface area contributed by atoms with Crippen LogP contribution >= 0.6 is 0 Å². The van der Waals surface area contributed by atoms with Crippen LogP contribution in [0.2, 0.25) is 0 Å². The molecule has 0 radical (unpaired) electrons. The molecule has 1 unspecified atom stereocenters. The third kappa shape index (κ3) is 2.49. The molecule has 0 fully saturated rings. The first kappa shape index (κ1) is 10.4. The van der Waals surface area contributed by atoms with Gasteiger partial charge in [0.15, 0.2) is 0 Å². The number of hydrogen-bond donors (Lipinski definition) is 3. The van der Waals surface area contributed by atoms with Crippen molar-refractivity contribution in [1.82, 2.24) is 0 Å². The van der Waals surface area contributed by atoms with E-state index in [1.807, 2.05) is 36.4 Å². The van der Waals surface area contributed by atoms with Crippen molar-refractivity contribution >= 4 is 17.1 Å². The van der Waals surface area contributed by atoms with Crippen LogP contribution in [0.5, 0.6) is 0 Å². The molecule has 0 saturated carbocycles. The first-order chi connectivity index (χ1) is 7.75. The molecule has 2 rings (SSSR count). The highest BCUT2D eigenvalue weighted by molar-refractivity contribution is 6.01. The summed E-state index contributed by atoms with van der Waals surface area (Å²) in [5.41, 5.74) is 14.7. The van der Waals surface area contributed by atoms with E-state index in [2.05, 4.69) is 10.9 Å². The van der Waals surface area contributed by atoms with Gasteiger partial charge < -0.3 is 22.0 Å². The second-order valence-electron chi connectivity index (χ2n) is 3.51. The number of nitrogen functional groups attached to an aromatic ring is 1. The van der Waals surface area contributed by atoms with Crippen LogP contribution in [-0.4, -0.2) is 11.8 Å². The summed E-state index contributed by atoms with van der Waals surface area (Å²) in [6.45, 7) is 0. The highest BCUT2D eigenvalue weighted by Gasteiger charge is 2.00. The third-order valence-electron chi connectivity index (χ3n) is 2.22. The van der Waals surface area contributed by atoms with E-state index < -0.39 is 0 Å². The molecule has 1 aromatic carbocycles. The van der Waals surface area contributed by atoms with E-state index >= 15 is 0 Å². The number of nitrogens with one attached hydrogen (secondary N) is 2. The molecule has 4 nitrogen and oxygen atoms in total. The number of hydrogen-bond acceptors (Lipinski definition) is 3. The van der Waals surface area contributed by atoms with Crippen molar-refractivity contribution in [2.24, 2.45) is 0 Å². The zero-order valence-corrected chi connectivity index (χ0v) is 8.72. The molecule has 0 aliphatic heterocycles. The van der Waals surface area contributed by atoms with Crippen molar-refractivity contribution in [1.29, 1.82) is 5.41 Å². The first-order valence-electron chi connectivity index (χ1n) is 5.00. The van der Waals surface area contributed by atoms with Crippen LogP contribution in [0, 0.1) is 5.41 Å². The average Bonchev–Trinajstić information content (AvgIpc) is 2.28. The Morgan fingerprint density at radius 1 is 1.31 bits per heavy atom. The van der Waals surface area contributed by atoms with E-state index in [0.29, 0.717) is 11.4 Å². The fraction of sp³-hybridized carbons (Fsp3) is 0.0833. The van der Waals surface area contributed by atoms with E-state index in [0.717, 1.165) is 5.69 Å². The second kappa shape index (κ2) is 4.63. The van der Waals surface area contributed by atoms with Gasteiger partial charge in [-0.2, -0.15) is 0 Å². The summed E-state index contributed by atoms with van der Waals surface area (Å²) in [6.07, 6.45) is 7.30. The Bertz CT molecular complexity index is 448. The molecule has 82 valence electrons. The molecular weight excluding hydrogens is 200 g/mol. The van der Waals surface area contributed by atoms with Crippen LogP contribution in [-0.2, 0) is 0 Å². The van der Waals surface area contributed by atoms with Gasteiger partial charge in [0.05, 0.1) is 0 Å². The fourth-order valence-electron chi connectivity index (χ4n) is 1.40. The van der Waals surface area contributed by atoms with Gasteiger partial charge >= 0.3 is 0 Å². The summed E-state index contributed by atoms with van der Waals surface area (Å²) < 4.78 is 0. The molecule has 1 aromatic rings. The fourth-order valence-corrected chi connectivity index (χ4v) is 1.40. The second-order valence-corrected chi connectivity index (χ2v) is 3.51. The van der Waals surface area contributed by atoms with Gasteiger partial charge in [-0.25, -0.2) is 0 Å². The Morgan fingerprint density at radius 2 is 2.19 bits per heavy atom. The Labute approximate surface area is 94.3 Å². The van der Waals surface area contributed by atoms with Crippen molar-refractivity contribution in [2.45, 2.75) is 6.04 Å². The van der Waals surface area contributed by atoms with Gasteiger partial charge in [0, 0.05) is 17.1 Å². The van der Waals surface area contributed by atoms with Crippen LogP contribution in [0.15, 0.2) is 48.6 Å². The smallest absolute Gasteiger partial charge is 0.0334 e. The van der Waals surface area contributed by atoms with Crippen LogP contribution in [0.3, 0.4) is 0 Å². The molecular formula is C12H13N4-. The average molecular weight is 213 g/mol. The number of nitrogens with two attached hydrogens (primary N) is 1. The minimum absolute atomic E-state index is 0.230. The lowest BCUT2D eigenvalue weighted by molar-refractivity contribution is 1.16. The van der Waals surface area contributed by atoms with E-state index in [1.165, 1.54) is 0 Å². The van der Waals surface area contributed by atoms with Gasteiger partial charge in [-0.1, -0.05) is 30.3 Å². The molecule has 1 atom stereocenters. The maximum absolute atomic E-state index is 7.66. The highest BCUT2D eigenvalue weighted by Crippen LogP contribution is 2.16. The molecule has 0 saturated heterocycles. The topological polar surface area (TPSA) is 76.0 Å². The quantitative estimate of drug-likeness (QED) is 0.533. The Kier molecular flexibility index (Phi) is 3.03. The van der Waals surface area contributed by atoms with Gasteiger partial charge in [-0.3, -0.25) is 0 Å². The molecule has 0 amide bonds. The van der Waals surface area contributed by atoms with Crippen molar-refractivity contribution in [3.05, 3.63) is 54.0 Å². The molecule has 0 heterocycles. The lowest BCUT2D eigenvalue weighted by Crippen LogP contribution is -2.18. The molecule has 4 N–H and O–H groups in total. The first-order valence-corrected chi connectivity index (χ1v) is 5.00. The van der Waals surface area contributed by atoms with Crippen molar-refractivity contribution in [3.63, 3.8) is 0 Å². The summed E-state index contributed by atoms with van der Waals surface area (Å²) in [4.78, 5) is 0. The summed E-state index contributed by atoms with van der Waals surface area (Å²) >= 11 is 0. The number of rotatable bonds is 3. The lowest BCUT2D eigenvalue weighted by atomic mass is 10.1. The lowest BCUT2D eigenvalue weighted by Gasteiger charge is -2.32. The van der Waals surface area contributed by atoms with Gasteiger partial charge in [0.2, 0.25) is 0 Å². The van der Waals surface area contributed by atoms with E-state index in [-0.39, 0.29) is 6.04 Å². The predicted octanol–water partition coefficient (Wildman–Crippen LogP) is 2.48. The number of benzene rings is 1. The predicted molar refractivity (Wildman–Crippen MR) is 67.6 cm³/mol. The van der Waals surface area contributed by atoms with Crippen molar-refractivity contribution < 1.29 is 0 Å². The van der Waals surface area contributed by atoms with Crippen LogP contribution in [0.4, 0.5) is 11.4 Å². The number of nitrogens with zero attached hydrogens (tertiary/aromatic N) is 1. The molecule has 1 aliphatic carbocycles. The summed E-state index contributed by atoms with van der Waals surface area (Å²) in [5.74, 6) is 0. The number of allylic oxidation sites excluding steroid dienone is 2. The summed E-state index contributed by atoms with van der Waals surface area (Å²) in [6, 6.07) is 7.12. The molecule has 16 heavy (non-hydrogen) atoms. The molecule has 0 spiro atoms. The zero-order chi connectivity index (χ0) is 11.4. The van der Waals surface area contributed by atoms with Gasteiger partial charge in [-0.05, 0) is 24.3 Å². The maximum Gasteiger partial charge on any atom is 0.0334 e. The summed E-state index contributed by atoms with van der Waals surface area (Å²) in [5, 5.41) is 7.66. The van der Waals surface area contributed by atoms with E-state index in [9.17, 15) is 0 Å². The zero-order valence-electron chi connectivity index (χ0n) is 8.72. The van der Waals surface area contributed by atoms with E-state index in [4.69, 9.17) is 11.1 Å². The van der Waals surface area contributed by atoms with Gasteiger partial charge in [-0.15, -0.1) is 0 Å². The Hall–Kier alpha value is -2.07. The Morgan fingerprint density at radius 3 is 2.94 bits per heavy atom. The highest BCUT2D eigenvalue weighted by atomic mass is 15.4. The summed E-state index contributed by atoms with van der Waals surface area (Å²) in [7, 11) is 0. The molecule has 1 aliphatic rings. The number of anilines is 2.